The highest BCUT2D eigenvalue weighted by atomic mass is 16.3. The van der Waals surface area contributed by atoms with E-state index in [0.717, 1.165) is 17.7 Å². The summed E-state index contributed by atoms with van der Waals surface area (Å²) in [6, 6.07) is 13.4. The fourth-order valence-electron chi connectivity index (χ4n) is 4.06. The number of amides is 3. The molecule has 2 aliphatic heterocycles. The molecule has 0 aromatic heterocycles. The number of likely N-dealkylation sites (tertiary alicyclic amines) is 1. The molecule has 7 heteroatoms. The summed E-state index contributed by atoms with van der Waals surface area (Å²) in [4.78, 5) is 41.2. The fourth-order valence-corrected chi connectivity index (χ4v) is 4.06. The van der Waals surface area contributed by atoms with Crippen molar-refractivity contribution >= 4 is 23.4 Å². The van der Waals surface area contributed by atoms with Crippen LogP contribution in [0, 0.1) is 0 Å². The molecule has 0 spiro atoms. The average Bonchev–Trinajstić information content (AvgIpc) is 3.39. The van der Waals surface area contributed by atoms with Gasteiger partial charge in [-0.1, -0.05) is 30.3 Å². The van der Waals surface area contributed by atoms with Gasteiger partial charge in [0.25, 0.3) is 5.91 Å². The van der Waals surface area contributed by atoms with Gasteiger partial charge in [0.1, 0.15) is 11.8 Å². The first-order valence-corrected chi connectivity index (χ1v) is 9.81. The Morgan fingerprint density at radius 1 is 1.03 bits per heavy atom. The van der Waals surface area contributed by atoms with Crippen molar-refractivity contribution in [3.8, 4) is 5.75 Å². The molecule has 1 unspecified atom stereocenters. The monoisotopic (exact) mass is 393 g/mol. The van der Waals surface area contributed by atoms with Crippen LogP contribution in [0.25, 0.3) is 0 Å². The predicted molar refractivity (Wildman–Crippen MR) is 108 cm³/mol. The highest BCUT2D eigenvalue weighted by Crippen LogP contribution is 2.27. The zero-order chi connectivity index (χ0) is 20.4. The normalized spacial score (nSPS) is 17.9. The van der Waals surface area contributed by atoms with E-state index in [1.165, 1.54) is 11.0 Å². The molecule has 0 radical (unpaired) electrons. The van der Waals surface area contributed by atoms with E-state index in [1.807, 2.05) is 24.3 Å². The minimum atomic E-state index is -0.638. The molecule has 4 rings (SSSR count). The Kier molecular flexibility index (Phi) is 5.20. The fraction of sp³-hybridized carbons (Fsp3) is 0.318. The molecule has 0 aliphatic carbocycles. The number of fused-ring (bicyclic) bond motifs is 1. The van der Waals surface area contributed by atoms with E-state index in [2.05, 4.69) is 5.32 Å². The van der Waals surface area contributed by atoms with Crippen LogP contribution >= 0.6 is 0 Å². The van der Waals surface area contributed by atoms with Crippen molar-refractivity contribution in [3.05, 3.63) is 59.7 Å². The van der Waals surface area contributed by atoms with Gasteiger partial charge in [0.05, 0.1) is 12.1 Å². The van der Waals surface area contributed by atoms with Gasteiger partial charge in [-0.25, -0.2) is 0 Å². The van der Waals surface area contributed by atoms with Crippen molar-refractivity contribution in [2.45, 2.75) is 25.3 Å². The number of nitrogens with one attached hydrogen (secondary N) is 1. The van der Waals surface area contributed by atoms with E-state index in [4.69, 9.17) is 0 Å². The van der Waals surface area contributed by atoms with Crippen molar-refractivity contribution in [2.75, 3.05) is 24.5 Å². The average molecular weight is 393 g/mol. The second-order valence-electron chi connectivity index (χ2n) is 7.32. The lowest BCUT2D eigenvalue weighted by Gasteiger charge is -2.25. The van der Waals surface area contributed by atoms with Gasteiger partial charge in [0.2, 0.25) is 11.8 Å². The van der Waals surface area contributed by atoms with Crippen molar-refractivity contribution < 1.29 is 19.5 Å². The van der Waals surface area contributed by atoms with E-state index in [0.29, 0.717) is 25.9 Å². The zero-order valence-corrected chi connectivity index (χ0v) is 16.0. The number of phenols is 1. The number of phenolic OH excluding ortho intramolecular Hbond substituents is 1. The summed E-state index contributed by atoms with van der Waals surface area (Å²) in [6.45, 7) is 0.941. The maximum atomic E-state index is 12.8. The maximum Gasteiger partial charge on any atom is 0.258 e. The van der Waals surface area contributed by atoms with E-state index in [1.54, 1.807) is 23.1 Å². The first-order chi connectivity index (χ1) is 14.1. The molecule has 0 saturated carbocycles. The van der Waals surface area contributed by atoms with Crippen LogP contribution in [-0.2, 0) is 16.0 Å². The Morgan fingerprint density at radius 3 is 2.62 bits per heavy atom. The van der Waals surface area contributed by atoms with E-state index < -0.39 is 6.04 Å². The number of aromatic hydroxyl groups is 1. The molecule has 2 heterocycles. The topological polar surface area (TPSA) is 90.0 Å². The molecule has 1 saturated heterocycles. The Balaban J connectivity index is 1.39. The van der Waals surface area contributed by atoms with Gasteiger partial charge in [-0.05, 0) is 43.0 Å². The van der Waals surface area contributed by atoms with E-state index in [-0.39, 0.29) is 35.6 Å². The first-order valence-electron chi connectivity index (χ1n) is 9.81. The summed E-state index contributed by atoms with van der Waals surface area (Å²) in [7, 11) is 0. The quantitative estimate of drug-likeness (QED) is 0.827. The highest BCUT2D eigenvalue weighted by molar-refractivity contribution is 6.01. The molecule has 0 bridgehead atoms. The lowest BCUT2D eigenvalue weighted by molar-refractivity contribution is -0.127. The SMILES string of the molecule is O=C(NCC(=O)N1CCc2ccccc21)C1CCCN1C(=O)c1ccccc1O. The molecule has 3 amide bonds. The van der Waals surface area contributed by atoms with Gasteiger partial charge in [-0.15, -0.1) is 0 Å². The minimum Gasteiger partial charge on any atom is -0.507 e. The Labute approximate surface area is 168 Å². The second-order valence-corrected chi connectivity index (χ2v) is 7.32. The van der Waals surface area contributed by atoms with E-state index >= 15 is 0 Å². The molecular weight excluding hydrogens is 370 g/mol. The van der Waals surface area contributed by atoms with Gasteiger partial charge < -0.3 is 20.2 Å². The lowest BCUT2D eigenvalue weighted by atomic mass is 10.1. The molecule has 150 valence electrons. The van der Waals surface area contributed by atoms with Gasteiger partial charge in [0.15, 0.2) is 0 Å². The second kappa shape index (κ2) is 7.95. The van der Waals surface area contributed by atoms with Gasteiger partial charge >= 0.3 is 0 Å². The number of carbonyl (C=O) groups is 3. The van der Waals surface area contributed by atoms with Crippen LogP contribution in [0.1, 0.15) is 28.8 Å². The molecule has 2 N–H and O–H groups in total. The van der Waals surface area contributed by atoms with Crippen molar-refractivity contribution in [3.63, 3.8) is 0 Å². The molecule has 2 aromatic carbocycles. The predicted octanol–water partition coefficient (Wildman–Crippen LogP) is 1.70. The molecule has 7 nitrogen and oxygen atoms in total. The summed E-state index contributed by atoms with van der Waals surface area (Å²) in [6.07, 6.45) is 2.04. The van der Waals surface area contributed by atoms with Crippen LogP contribution in [0.2, 0.25) is 0 Å². The third-order valence-electron chi connectivity index (χ3n) is 5.55. The van der Waals surface area contributed by atoms with Crippen LogP contribution in [0.15, 0.2) is 48.5 Å². The number of nitrogens with zero attached hydrogens (tertiary/aromatic N) is 2. The molecule has 2 aliphatic rings. The number of anilines is 1. The van der Waals surface area contributed by atoms with Gasteiger partial charge in [0, 0.05) is 18.8 Å². The maximum absolute atomic E-state index is 12.8. The van der Waals surface area contributed by atoms with Crippen LogP contribution in [0.3, 0.4) is 0 Å². The van der Waals surface area contributed by atoms with Gasteiger partial charge in [-0.3, -0.25) is 14.4 Å². The summed E-state index contributed by atoms with van der Waals surface area (Å²) >= 11 is 0. The summed E-state index contributed by atoms with van der Waals surface area (Å²) in [5, 5.41) is 12.6. The summed E-state index contributed by atoms with van der Waals surface area (Å²) < 4.78 is 0. The van der Waals surface area contributed by atoms with Crippen molar-refractivity contribution in [2.24, 2.45) is 0 Å². The number of carbonyl (C=O) groups excluding carboxylic acids is 3. The Bertz CT molecular complexity index is 959. The van der Waals surface area contributed by atoms with Crippen molar-refractivity contribution in [1.82, 2.24) is 10.2 Å². The Hall–Kier alpha value is -3.35. The standard InChI is InChI=1S/C22H23N3O4/c26-19-10-4-2-7-16(19)22(29)25-12-5-9-18(25)21(28)23-14-20(27)24-13-11-15-6-1-3-8-17(15)24/h1-4,6-8,10,18,26H,5,9,11-14H2,(H,23,28). The number of hydrogen-bond donors (Lipinski definition) is 2. The lowest BCUT2D eigenvalue weighted by Crippen LogP contribution is -2.48. The number of para-hydroxylation sites is 2. The smallest absolute Gasteiger partial charge is 0.258 e. The van der Waals surface area contributed by atoms with E-state index in [9.17, 15) is 19.5 Å². The van der Waals surface area contributed by atoms with Gasteiger partial charge in [-0.2, -0.15) is 0 Å². The molecule has 1 atom stereocenters. The van der Waals surface area contributed by atoms with Crippen LogP contribution in [0.5, 0.6) is 5.75 Å². The van der Waals surface area contributed by atoms with Crippen molar-refractivity contribution in [1.29, 1.82) is 0 Å². The number of benzene rings is 2. The number of rotatable bonds is 4. The number of hydrogen-bond acceptors (Lipinski definition) is 4. The molecular formula is C22H23N3O4. The Morgan fingerprint density at radius 2 is 1.79 bits per heavy atom. The zero-order valence-electron chi connectivity index (χ0n) is 16.0. The summed E-state index contributed by atoms with van der Waals surface area (Å²) in [5.41, 5.74) is 2.20. The summed E-state index contributed by atoms with van der Waals surface area (Å²) in [5.74, 6) is -0.987. The highest BCUT2D eigenvalue weighted by Gasteiger charge is 2.35. The first kappa shape index (κ1) is 19.0. The molecule has 29 heavy (non-hydrogen) atoms. The molecule has 1 fully saturated rings. The largest absolute Gasteiger partial charge is 0.507 e. The van der Waals surface area contributed by atoms with Crippen LogP contribution in [0.4, 0.5) is 5.69 Å². The van der Waals surface area contributed by atoms with Crippen LogP contribution in [-0.4, -0.2) is 53.4 Å². The third kappa shape index (κ3) is 3.68. The minimum absolute atomic E-state index is 0.105. The third-order valence-corrected chi connectivity index (χ3v) is 5.55. The molecule has 2 aromatic rings. The van der Waals surface area contributed by atoms with Crippen LogP contribution < -0.4 is 10.2 Å².